The van der Waals surface area contributed by atoms with Gasteiger partial charge in [0, 0.05) is 25.8 Å². The fraction of sp³-hybridized carbons (Fsp3) is 0.300. The average Bonchev–Trinajstić information content (AvgIpc) is 2.62. The molecular formula is C20H21N3O. The van der Waals surface area contributed by atoms with Crippen LogP contribution in [0.4, 0.5) is 5.69 Å². The summed E-state index contributed by atoms with van der Waals surface area (Å²) < 4.78 is 5.78. The molecule has 24 heavy (non-hydrogen) atoms. The number of nitrogens with zero attached hydrogens (tertiary/aromatic N) is 3. The number of hydrogen-bond acceptors (Lipinski definition) is 4. The van der Waals surface area contributed by atoms with Crippen LogP contribution in [0.5, 0.6) is 5.75 Å². The predicted octanol–water partition coefficient (Wildman–Crippen LogP) is 4.09. The lowest BCUT2D eigenvalue weighted by molar-refractivity contribution is 0.305. The highest BCUT2D eigenvalue weighted by Gasteiger charge is 2.10. The molecule has 0 aliphatic carbocycles. The van der Waals surface area contributed by atoms with Crippen LogP contribution < -0.4 is 9.64 Å². The second-order valence-electron chi connectivity index (χ2n) is 5.80. The zero-order chi connectivity index (χ0) is 17.4. The first-order valence-corrected chi connectivity index (χ1v) is 7.94. The molecule has 1 atom stereocenters. The maximum atomic E-state index is 9.36. The van der Waals surface area contributed by atoms with Gasteiger partial charge in [0.25, 0.3) is 0 Å². The molecule has 0 heterocycles. The Morgan fingerprint density at radius 1 is 1.08 bits per heavy atom. The SMILES string of the molecule is CN(C)c1cccc(OCCCC(C#N)c2ccc(C#N)cc2)c1. The highest BCUT2D eigenvalue weighted by atomic mass is 16.5. The van der Waals surface area contributed by atoms with E-state index < -0.39 is 0 Å². The highest BCUT2D eigenvalue weighted by molar-refractivity contribution is 5.49. The lowest BCUT2D eigenvalue weighted by Gasteiger charge is -2.14. The minimum absolute atomic E-state index is 0.172. The minimum atomic E-state index is -0.172. The van der Waals surface area contributed by atoms with Crippen LogP contribution in [-0.2, 0) is 0 Å². The summed E-state index contributed by atoms with van der Waals surface area (Å²) in [4.78, 5) is 2.03. The molecule has 0 saturated heterocycles. The van der Waals surface area contributed by atoms with Crippen molar-refractivity contribution >= 4 is 5.69 Å². The van der Waals surface area contributed by atoms with Crippen molar-refractivity contribution in [3.05, 3.63) is 59.7 Å². The van der Waals surface area contributed by atoms with E-state index in [9.17, 15) is 5.26 Å². The fourth-order valence-corrected chi connectivity index (χ4v) is 2.42. The normalized spacial score (nSPS) is 11.2. The molecule has 0 amide bonds. The molecule has 4 nitrogen and oxygen atoms in total. The van der Waals surface area contributed by atoms with E-state index in [2.05, 4.69) is 12.1 Å². The van der Waals surface area contributed by atoms with Crippen LogP contribution in [0.1, 0.15) is 29.9 Å². The Morgan fingerprint density at radius 3 is 2.46 bits per heavy atom. The summed E-state index contributed by atoms with van der Waals surface area (Å²) in [5.41, 5.74) is 2.66. The van der Waals surface area contributed by atoms with E-state index >= 15 is 0 Å². The second kappa shape index (κ2) is 8.60. The number of rotatable bonds is 7. The molecule has 2 rings (SSSR count). The lowest BCUT2D eigenvalue weighted by atomic mass is 9.95. The third-order valence-electron chi connectivity index (χ3n) is 3.84. The maximum Gasteiger partial charge on any atom is 0.121 e. The van der Waals surface area contributed by atoms with Crippen molar-refractivity contribution < 1.29 is 4.74 Å². The van der Waals surface area contributed by atoms with Gasteiger partial charge in [-0.3, -0.25) is 0 Å². The van der Waals surface area contributed by atoms with Gasteiger partial charge in [0.2, 0.25) is 0 Å². The summed E-state index contributed by atoms with van der Waals surface area (Å²) in [6.07, 6.45) is 1.53. The zero-order valence-corrected chi connectivity index (χ0v) is 14.1. The summed E-state index contributed by atoms with van der Waals surface area (Å²) in [6, 6.07) is 19.6. The Balaban J connectivity index is 1.85. The van der Waals surface area contributed by atoms with Gasteiger partial charge in [0.1, 0.15) is 5.75 Å². The van der Waals surface area contributed by atoms with E-state index in [4.69, 9.17) is 10.00 Å². The Morgan fingerprint density at radius 2 is 1.83 bits per heavy atom. The quantitative estimate of drug-likeness (QED) is 0.721. The van der Waals surface area contributed by atoms with Crippen molar-refractivity contribution in [3.8, 4) is 17.9 Å². The van der Waals surface area contributed by atoms with Crippen molar-refractivity contribution in [2.75, 3.05) is 25.6 Å². The molecule has 1 unspecified atom stereocenters. The molecule has 0 aliphatic rings. The zero-order valence-electron chi connectivity index (χ0n) is 14.1. The molecule has 4 heteroatoms. The molecule has 0 saturated carbocycles. The van der Waals surface area contributed by atoms with Crippen LogP contribution in [0.25, 0.3) is 0 Å². The molecule has 0 fully saturated rings. The first-order chi connectivity index (χ1) is 11.6. The molecule has 0 aliphatic heterocycles. The summed E-state index contributed by atoms with van der Waals surface area (Å²) in [5, 5.41) is 18.2. The Bertz CT molecular complexity index is 739. The van der Waals surface area contributed by atoms with Gasteiger partial charge in [-0.05, 0) is 42.7 Å². The molecule has 0 spiro atoms. The standard InChI is InChI=1S/C20H21N3O/c1-23(2)19-6-3-7-20(13-19)24-12-4-5-18(15-22)17-10-8-16(14-21)9-11-17/h3,6-11,13,18H,4-5,12H2,1-2H3. The van der Waals surface area contributed by atoms with Crippen LogP contribution in [0.3, 0.4) is 0 Å². The van der Waals surface area contributed by atoms with Gasteiger partial charge < -0.3 is 9.64 Å². The number of ether oxygens (including phenoxy) is 1. The number of hydrogen-bond donors (Lipinski definition) is 0. The number of anilines is 1. The fourth-order valence-electron chi connectivity index (χ4n) is 2.42. The van der Waals surface area contributed by atoms with Crippen LogP contribution >= 0.6 is 0 Å². The van der Waals surface area contributed by atoms with E-state index in [0.717, 1.165) is 29.8 Å². The lowest BCUT2D eigenvalue weighted by Crippen LogP contribution is -2.08. The van der Waals surface area contributed by atoms with E-state index in [1.807, 2.05) is 55.4 Å². The first-order valence-electron chi connectivity index (χ1n) is 7.94. The van der Waals surface area contributed by atoms with Crippen LogP contribution in [0, 0.1) is 22.7 Å². The monoisotopic (exact) mass is 319 g/mol. The molecule has 0 radical (unpaired) electrons. The van der Waals surface area contributed by atoms with Crippen molar-refractivity contribution in [2.24, 2.45) is 0 Å². The van der Waals surface area contributed by atoms with E-state index in [1.165, 1.54) is 0 Å². The summed E-state index contributed by atoms with van der Waals surface area (Å²) in [5.74, 6) is 0.669. The molecular weight excluding hydrogens is 298 g/mol. The molecule has 2 aromatic carbocycles. The Hall–Kier alpha value is -2.98. The summed E-state index contributed by atoms with van der Waals surface area (Å²) >= 11 is 0. The summed E-state index contributed by atoms with van der Waals surface area (Å²) in [6.45, 7) is 0.575. The van der Waals surface area contributed by atoms with Gasteiger partial charge >= 0.3 is 0 Å². The molecule has 122 valence electrons. The molecule has 0 aromatic heterocycles. The van der Waals surface area contributed by atoms with E-state index in [0.29, 0.717) is 12.2 Å². The van der Waals surface area contributed by atoms with Crippen molar-refractivity contribution in [1.82, 2.24) is 0 Å². The third kappa shape index (κ3) is 4.76. The Labute approximate surface area is 143 Å². The molecule has 2 aromatic rings. The van der Waals surface area contributed by atoms with Crippen molar-refractivity contribution in [2.45, 2.75) is 18.8 Å². The van der Waals surface area contributed by atoms with Crippen LogP contribution in [0.15, 0.2) is 48.5 Å². The van der Waals surface area contributed by atoms with E-state index in [-0.39, 0.29) is 5.92 Å². The second-order valence-corrected chi connectivity index (χ2v) is 5.80. The highest BCUT2D eigenvalue weighted by Crippen LogP contribution is 2.22. The van der Waals surface area contributed by atoms with Gasteiger partial charge in [-0.15, -0.1) is 0 Å². The van der Waals surface area contributed by atoms with Gasteiger partial charge in [-0.2, -0.15) is 10.5 Å². The van der Waals surface area contributed by atoms with Crippen molar-refractivity contribution in [1.29, 1.82) is 10.5 Å². The molecule has 0 N–H and O–H groups in total. The van der Waals surface area contributed by atoms with Crippen LogP contribution in [0.2, 0.25) is 0 Å². The minimum Gasteiger partial charge on any atom is -0.494 e. The van der Waals surface area contributed by atoms with Gasteiger partial charge in [-0.1, -0.05) is 18.2 Å². The summed E-state index contributed by atoms with van der Waals surface area (Å²) in [7, 11) is 3.99. The maximum absolute atomic E-state index is 9.36. The Kier molecular flexibility index (Phi) is 6.23. The number of nitriles is 2. The third-order valence-corrected chi connectivity index (χ3v) is 3.84. The van der Waals surface area contributed by atoms with Gasteiger partial charge in [-0.25, -0.2) is 0 Å². The van der Waals surface area contributed by atoms with Gasteiger partial charge in [0.05, 0.1) is 30.2 Å². The molecule has 0 bridgehead atoms. The first kappa shape index (κ1) is 17.4. The van der Waals surface area contributed by atoms with Gasteiger partial charge in [0.15, 0.2) is 0 Å². The van der Waals surface area contributed by atoms with E-state index in [1.54, 1.807) is 12.1 Å². The number of benzene rings is 2. The smallest absolute Gasteiger partial charge is 0.121 e. The topological polar surface area (TPSA) is 60.0 Å². The average molecular weight is 319 g/mol. The largest absolute Gasteiger partial charge is 0.494 e. The van der Waals surface area contributed by atoms with Crippen LogP contribution in [-0.4, -0.2) is 20.7 Å². The predicted molar refractivity (Wildman–Crippen MR) is 95.0 cm³/mol. The van der Waals surface area contributed by atoms with Crippen molar-refractivity contribution in [3.63, 3.8) is 0 Å².